The van der Waals surface area contributed by atoms with E-state index < -0.39 is 8.07 Å². The molecule has 1 nitrogen and oxygen atoms in total. The van der Waals surface area contributed by atoms with Gasteiger partial charge in [-0.3, -0.25) is 4.79 Å². The van der Waals surface area contributed by atoms with Crippen LogP contribution in [0.25, 0.3) is 0 Å². The lowest BCUT2D eigenvalue weighted by Gasteiger charge is -2.02. The van der Waals surface area contributed by atoms with E-state index in [1.165, 1.54) is 0 Å². The van der Waals surface area contributed by atoms with Crippen molar-refractivity contribution in [3.05, 3.63) is 11.1 Å². The molecule has 4 heteroatoms. The molecule has 0 amide bonds. The van der Waals surface area contributed by atoms with E-state index in [1.807, 2.05) is 0 Å². The second kappa shape index (κ2) is 9.50. The van der Waals surface area contributed by atoms with Crippen molar-refractivity contribution in [1.29, 1.82) is 0 Å². The number of thioether (sulfide) groups is 1. The molecule has 0 N–H and O–H groups in total. The predicted molar refractivity (Wildman–Crippen MR) is 88.5 cm³/mol. The predicted octanol–water partition coefficient (Wildman–Crippen LogP) is 3.86. The molecule has 0 rings (SSSR count). The third kappa shape index (κ3) is 13.6. The Bertz CT molecular complexity index is 415. The van der Waals surface area contributed by atoms with Crippen LogP contribution in [0.3, 0.4) is 0 Å². The van der Waals surface area contributed by atoms with Crippen LogP contribution in [0.15, 0.2) is 11.1 Å². The molecule has 0 radical (unpaired) electrons. The first-order valence-electron chi connectivity index (χ1n) is 5.74. The summed E-state index contributed by atoms with van der Waals surface area (Å²) in [5.74, 6) is 10.4. The highest BCUT2D eigenvalue weighted by Crippen LogP contribution is 2.10. The zero-order valence-corrected chi connectivity index (χ0v) is 14.6. The van der Waals surface area contributed by atoms with E-state index in [2.05, 4.69) is 65.5 Å². The largest absolute Gasteiger partial charge is 0.285 e. The Morgan fingerprint density at radius 3 is 2.56 bits per heavy atom. The van der Waals surface area contributed by atoms with Gasteiger partial charge in [-0.05, 0) is 10.4 Å². The minimum atomic E-state index is -1.43. The summed E-state index contributed by atoms with van der Waals surface area (Å²) in [5, 5.41) is 0. The third-order valence-electron chi connectivity index (χ3n) is 1.61. The standard InChI is InChI=1S/C14H19BrOSSi/c1-13(15)12-17-10-7-5-6-8-14(16)9-11-18(2,3)4/h1,6,8,10,12H2,2-4H3. The zero-order chi connectivity index (χ0) is 14.0. The number of ketones is 1. The Balaban J connectivity index is 3.78. The van der Waals surface area contributed by atoms with Crippen molar-refractivity contribution < 1.29 is 4.79 Å². The smallest absolute Gasteiger partial charge is 0.205 e. The molecule has 0 heterocycles. The number of rotatable bonds is 5. The monoisotopic (exact) mass is 342 g/mol. The van der Waals surface area contributed by atoms with Crippen LogP contribution in [0.1, 0.15) is 12.8 Å². The Kier molecular flexibility index (Phi) is 9.28. The molecule has 18 heavy (non-hydrogen) atoms. The van der Waals surface area contributed by atoms with Crippen molar-refractivity contribution in [2.24, 2.45) is 0 Å². The van der Waals surface area contributed by atoms with Crippen molar-refractivity contribution in [3.63, 3.8) is 0 Å². The van der Waals surface area contributed by atoms with Crippen LogP contribution in [0.5, 0.6) is 0 Å². The molecular weight excluding hydrogens is 324 g/mol. The van der Waals surface area contributed by atoms with Crippen molar-refractivity contribution in [3.8, 4) is 23.3 Å². The number of carbonyl (C=O) groups is 1. The van der Waals surface area contributed by atoms with Gasteiger partial charge in [0.2, 0.25) is 5.78 Å². The second-order valence-corrected chi connectivity index (χ2v) is 11.6. The normalized spacial score (nSPS) is 9.78. The number of Topliss-reactive ketones (excluding diaryl/α,β-unsaturated/α-hetero) is 1. The van der Waals surface area contributed by atoms with Crippen LogP contribution in [-0.2, 0) is 4.79 Å². The maximum absolute atomic E-state index is 11.4. The lowest BCUT2D eigenvalue weighted by Crippen LogP contribution is -2.17. The summed E-state index contributed by atoms with van der Waals surface area (Å²) in [6, 6.07) is 0. The Morgan fingerprint density at radius 2 is 2.00 bits per heavy atom. The van der Waals surface area contributed by atoms with E-state index in [-0.39, 0.29) is 5.78 Å². The lowest BCUT2D eigenvalue weighted by atomic mass is 10.2. The van der Waals surface area contributed by atoms with E-state index in [9.17, 15) is 4.79 Å². The first-order chi connectivity index (χ1) is 8.31. The van der Waals surface area contributed by atoms with Crippen molar-refractivity contribution in [1.82, 2.24) is 0 Å². The van der Waals surface area contributed by atoms with Gasteiger partial charge in [-0.2, -0.15) is 0 Å². The van der Waals surface area contributed by atoms with Gasteiger partial charge in [0, 0.05) is 18.6 Å². The highest BCUT2D eigenvalue weighted by molar-refractivity contribution is 9.11. The van der Waals surface area contributed by atoms with Gasteiger partial charge >= 0.3 is 0 Å². The first kappa shape index (κ1) is 17.6. The number of hydrogen-bond donors (Lipinski definition) is 0. The highest BCUT2D eigenvalue weighted by Gasteiger charge is 2.08. The molecule has 0 aromatic heterocycles. The molecule has 0 aliphatic carbocycles. The van der Waals surface area contributed by atoms with Crippen LogP contribution in [-0.4, -0.2) is 25.4 Å². The summed E-state index contributed by atoms with van der Waals surface area (Å²) < 4.78 is 0.978. The minimum Gasteiger partial charge on any atom is -0.285 e. The van der Waals surface area contributed by atoms with Crippen molar-refractivity contribution in [2.75, 3.05) is 11.5 Å². The summed E-state index contributed by atoms with van der Waals surface area (Å²) in [5.41, 5.74) is 3.07. The molecule has 0 unspecified atom stereocenters. The van der Waals surface area contributed by atoms with E-state index in [0.717, 1.165) is 16.0 Å². The molecular formula is C14H19BrOSSi. The average molecular weight is 343 g/mol. The topological polar surface area (TPSA) is 17.1 Å². The SMILES string of the molecule is C=C(Br)CSCC#CCCC(=O)C#C[Si](C)(C)C. The fraction of sp³-hybridized carbons (Fsp3) is 0.500. The summed E-state index contributed by atoms with van der Waals surface area (Å²) in [6.07, 6.45) is 1.05. The van der Waals surface area contributed by atoms with E-state index >= 15 is 0 Å². The zero-order valence-electron chi connectivity index (χ0n) is 11.2. The quantitative estimate of drug-likeness (QED) is 0.428. The summed E-state index contributed by atoms with van der Waals surface area (Å²) >= 11 is 5.00. The maximum atomic E-state index is 11.4. The van der Waals surface area contributed by atoms with Gasteiger partial charge in [0.1, 0.15) is 8.07 Å². The van der Waals surface area contributed by atoms with Gasteiger partial charge in [0.25, 0.3) is 0 Å². The maximum Gasteiger partial charge on any atom is 0.205 e. The average Bonchev–Trinajstić information content (AvgIpc) is 2.23. The molecule has 0 saturated heterocycles. The first-order valence-corrected chi connectivity index (χ1v) is 11.2. The molecule has 0 fully saturated rings. The molecule has 0 atom stereocenters. The molecule has 0 aliphatic heterocycles. The van der Waals surface area contributed by atoms with Crippen LogP contribution in [0.4, 0.5) is 0 Å². The van der Waals surface area contributed by atoms with Gasteiger partial charge in [-0.15, -0.1) is 23.2 Å². The van der Waals surface area contributed by atoms with Crippen LogP contribution < -0.4 is 0 Å². The van der Waals surface area contributed by atoms with Gasteiger partial charge in [0.15, 0.2) is 0 Å². The molecule has 0 saturated carbocycles. The highest BCUT2D eigenvalue weighted by atomic mass is 79.9. The van der Waals surface area contributed by atoms with Gasteiger partial charge in [-0.1, -0.05) is 48.1 Å². The van der Waals surface area contributed by atoms with E-state index in [0.29, 0.717) is 12.8 Å². The Labute approximate surface area is 124 Å². The Morgan fingerprint density at radius 1 is 1.33 bits per heavy atom. The molecule has 0 bridgehead atoms. The molecule has 0 aromatic carbocycles. The Hall–Kier alpha value is -0.423. The number of halogens is 1. The fourth-order valence-electron chi connectivity index (χ4n) is 0.848. The number of hydrogen-bond acceptors (Lipinski definition) is 2. The summed E-state index contributed by atoms with van der Waals surface area (Å²) in [4.78, 5) is 11.4. The molecule has 98 valence electrons. The number of carbonyl (C=O) groups excluding carboxylic acids is 1. The van der Waals surface area contributed by atoms with Crippen LogP contribution >= 0.6 is 27.7 Å². The van der Waals surface area contributed by atoms with Gasteiger partial charge < -0.3 is 0 Å². The minimum absolute atomic E-state index is 0.00761. The van der Waals surface area contributed by atoms with Crippen molar-refractivity contribution >= 4 is 41.5 Å². The molecule has 0 spiro atoms. The van der Waals surface area contributed by atoms with Crippen LogP contribution in [0.2, 0.25) is 19.6 Å². The molecule has 0 aliphatic rings. The van der Waals surface area contributed by atoms with Gasteiger partial charge in [0.05, 0.1) is 5.75 Å². The summed E-state index contributed by atoms with van der Waals surface area (Å²) in [7, 11) is -1.43. The fourth-order valence-corrected chi connectivity index (χ4v) is 2.38. The third-order valence-corrected chi connectivity index (χ3v) is 4.04. The van der Waals surface area contributed by atoms with E-state index in [4.69, 9.17) is 0 Å². The summed E-state index contributed by atoms with van der Waals surface area (Å²) in [6.45, 7) is 10.1. The van der Waals surface area contributed by atoms with Crippen molar-refractivity contribution in [2.45, 2.75) is 32.5 Å². The van der Waals surface area contributed by atoms with Gasteiger partial charge in [-0.25, -0.2) is 0 Å². The lowest BCUT2D eigenvalue weighted by molar-refractivity contribution is -0.113. The van der Waals surface area contributed by atoms with Crippen LogP contribution in [0, 0.1) is 23.3 Å². The molecule has 0 aromatic rings. The second-order valence-electron chi connectivity index (χ2n) is 4.79. The van der Waals surface area contributed by atoms with E-state index in [1.54, 1.807) is 11.8 Å².